The Morgan fingerprint density at radius 2 is 1.89 bits per heavy atom. The summed E-state index contributed by atoms with van der Waals surface area (Å²) in [5.74, 6) is 0. The van der Waals surface area contributed by atoms with E-state index in [0.29, 0.717) is 25.9 Å². The van der Waals surface area contributed by atoms with Crippen molar-refractivity contribution in [2.75, 3.05) is 19.3 Å². The van der Waals surface area contributed by atoms with Crippen LogP contribution in [0.5, 0.6) is 0 Å². The number of benzene rings is 1. The van der Waals surface area contributed by atoms with Gasteiger partial charge in [0.15, 0.2) is 0 Å². The van der Waals surface area contributed by atoms with Crippen LogP contribution >= 0.6 is 11.8 Å². The molecule has 1 fully saturated rings. The average molecular weight is 279 g/mol. The molecule has 0 unspecified atom stereocenters. The molecule has 1 N–H and O–H groups in total. The molecule has 19 heavy (non-hydrogen) atoms. The van der Waals surface area contributed by atoms with Gasteiger partial charge in [-0.15, -0.1) is 11.8 Å². The second kappa shape index (κ2) is 5.65. The average Bonchev–Trinajstić information content (AvgIpc) is 2.47. The molecule has 4 nitrogen and oxygen atoms in total. The number of likely N-dealkylation sites (tertiary alicyclic amines) is 1. The molecule has 0 spiro atoms. The van der Waals surface area contributed by atoms with Crippen molar-refractivity contribution in [1.82, 2.24) is 4.90 Å². The Hall–Kier alpha value is -1.49. The van der Waals surface area contributed by atoms with Crippen LogP contribution in [0.2, 0.25) is 0 Å². The van der Waals surface area contributed by atoms with Gasteiger partial charge in [-0.3, -0.25) is 0 Å². The SMILES string of the molecule is CSc1ccc(C2(C=O)CCN(C(=O)O)CC2)cc1. The third kappa shape index (κ3) is 2.76. The minimum Gasteiger partial charge on any atom is -0.465 e. The van der Waals surface area contributed by atoms with Gasteiger partial charge in [-0.2, -0.15) is 0 Å². The number of rotatable bonds is 3. The Morgan fingerprint density at radius 3 is 2.32 bits per heavy atom. The molecular weight excluding hydrogens is 262 g/mol. The number of amides is 1. The van der Waals surface area contributed by atoms with Gasteiger partial charge >= 0.3 is 6.09 Å². The summed E-state index contributed by atoms with van der Waals surface area (Å²) in [5, 5.41) is 8.95. The predicted molar refractivity (Wildman–Crippen MR) is 74.8 cm³/mol. The Balaban J connectivity index is 2.19. The molecular formula is C14H17NO3S. The molecule has 2 rings (SSSR count). The summed E-state index contributed by atoms with van der Waals surface area (Å²) in [5.41, 5.74) is 0.466. The summed E-state index contributed by atoms with van der Waals surface area (Å²) in [6, 6.07) is 7.98. The van der Waals surface area contributed by atoms with Crippen molar-refractivity contribution < 1.29 is 14.7 Å². The zero-order valence-electron chi connectivity index (χ0n) is 10.8. The number of piperidine rings is 1. The highest BCUT2D eigenvalue weighted by Crippen LogP contribution is 2.34. The van der Waals surface area contributed by atoms with Crippen LogP contribution in [-0.4, -0.2) is 41.7 Å². The molecule has 1 heterocycles. The molecule has 5 heteroatoms. The smallest absolute Gasteiger partial charge is 0.407 e. The fraction of sp³-hybridized carbons (Fsp3) is 0.429. The first-order chi connectivity index (χ1) is 9.11. The lowest BCUT2D eigenvalue weighted by molar-refractivity contribution is -0.114. The number of nitrogens with zero attached hydrogens (tertiary/aromatic N) is 1. The molecule has 1 aromatic rings. The van der Waals surface area contributed by atoms with Crippen LogP contribution in [0.1, 0.15) is 18.4 Å². The number of hydrogen-bond donors (Lipinski definition) is 1. The minimum atomic E-state index is -0.905. The zero-order chi connectivity index (χ0) is 13.9. The van der Waals surface area contributed by atoms with Crippen molar-refractivity contribution >= 4 is 24.1 Å². The monoisotopic (exact) mass is 279 g/mol. The molecule has 1 aliphatic heterocycles. The van der Waals surface area contributed by atoms with E-state index < -0.39 is 11.5 Å². The number of hydrogen-bond acceptors (Lipinski definition) is 3. The van der Waals surface area contributed by atoms with Crippen molar-refractivity contribution in [2.24, 2.45) is 0 Å². The summed E-state index contributed by atoms with van der Waals surface area (Å²) < 4.78 is 0. The number of carbonyl (C=O) groups excluding carboxylic acids is 1. The van der Waals surface area contributed by atoms with Gasteiger partial charge in [0.25, 0.3) is 0 Å². The van der Waals surface area contributed by atoms with Crippen molar-refractivity contribution in [3.63, 3.8) is 0 Å². The zero-order valence-corrected chi connectivity index (χ0v) is 11.7. The molecule has 1 saturated heterocycles. The van der Waals surface area contributed by atoms with Gasteiger partial charge in [0.05, 0.1) is 5.41 Å². The lowest BCUT2D eigenvalue weighted by Crippen LogP contribution is -2.45. The summed E-state index contributed by atoms with van der Waals surface area (Å²) in [6.07, 6.45) is 3.20. The van der Waals surface area contributed by atoms with E-state index in [0.717, 1.165) is 16.7 Å². The fourth-order valence-corrected chi connectivity index (χ4v) is 2.90. The van der Waals surface area contributed by atoms with E-state index in [4.69, 9.17) is 5.11 Å². The normalized spacial score (nSPS) is 18.1. The highest BCUT2D eigenvalue weighted by molar-refractivity contribution is 7.98. The summed E-state index contributed by atoms with van der Waals surface area (Å²) >= 11 is 1.66. The van der Waals surface area contributed by atoms with E-state index in [1.165, 1.54) is 4.90 Å². The van der Waals surface area contributed by atoms with E-state index in [1.807, 2.05) is 30.5 Å². The van der Waals surface area contributed by atoms with Crippen LogP contribution in [0.15, 0.2) is 29.2 Å². The Labute approximate surface area is 116 Å². The van der Waals surface area contributed by atoms with Gasteiger partial charge in [0.2, 0.25) is 0 Å². The molecule has 0 radical (unpaired) electrons. The fourth-order valence-electron chi connectivity index (χ4n) is 2.49. The summed E-state index contributed by atoms with van der Waals surface area (Å²) in [4.78, 5) is 25.0. The number of aldehydes is 1. The third-order valence-electron chi connectivity index (χ3n) is 3.82. The van der Waals surface area contributed by atoms with Gasteiger partial charge in [0, 0.05) is 18.0 Å². The first kappa shape index (κ1) is 13.9. The van der Waals surface area contributed by atoms with Crippen LogP contribution in [0.3, 0.4) is 0 Å². The molecule has 0 aliphatic carbocycles. The number of carbonyl (C=O) groups is 2. The molecule has 102 valence electrons. The van der Waals surface area contributed by atoms with Crippen molar-refractivity contribution in [1.29, 1.82) is 0 Å². The predicted octanol–water partition coefficient (Wildman–Crippen LogP) is 2.62. The summed E-state index contributed by atoms with van der Waals surface area (Å²) in [7, 11) is 0. The van der Waals surface area contributed by atoms with Crippen molar-refractivity contribution in [2.45, 2.75) is 23.2 Å². The van der Waals surface area contributed by atoms with Crippen molar-refractivity contribution in [3.8, 4) is 0 Å². The van der Waals surface area contributed by atoms with Crippen LogP contribution in [0.25, 0.3) is 0 Å². The lowest BCUT2D eigenvalue weighted by Gasteiger charge is -2.37. The van der Waals surface area contributed by atoms with Gasteiger partial charge in [-0.05, 0) is 36.8 Å². The molecule has 0 aromatic heterocycles. The third-order valence-corrected chi connectivity index (χ3v) is 4.56. The molecule has 0 atom stereocenters. The molecule has 1 aromatic carbocycles. The van der Waals surface area contributed by atoms with Crippen LogP contribution in [0, 0.1) is 0 Å². The molecule has 0 saturated carbocycles. The van der Waals surface area contributed by atoms with Gasteiger partial charge in [-0.1, -0.05) is 12.1 Å². The van der Waals surface area contributed by atoms with Crippen LogP contribution in [0.4, 0.5) is 4.79 Å². The molecule has 1 aliphatic rings. The molecule has 0 bridgehead atoms. The van der Waals surface area contributed by atoms with Crippen LogP contribution in [-0.2, 0) is 10.2 Å². The van der Waals surface area contributed by atoms with E-state index in [2.05, 4.69) is 0 Å². The largest absolute Gasteiger partial charge is 0.465 e. The molecule has 1 amide bonds. The minimum absolute atomic E-state index is 0.415. The maximum Gasteiger partial charge on any atom is 0.407 e. The number of carboxylic acid groups (broad SMARTS) is 1. The van der Waals surface area contributed by atoms with E-state index in [-0.39, 0.29) is 0 Å². The highest BCUT2D eigenvalue weighted by Gasteiger charge is 2.37. The van der Waals surface area contributed by atoms with E-state index in [1.54, 1.807) is 11.8 Å². The van der Waals surface area contributed by atoms with E-state index >= 15 is 0 Å². The van der Waals surface area contributed by atoms with E-state index in [9.17, 15) is 9.59 Å². The topological polar surface area (TPSA) is 57.6 Å². The highest BCUT2D eigenvalue weighted by atomic mass is 32.2. The van der Waals surface area contributed by atoms with Gasteiger partial charge < -0.3 is 14.8 Å². The Morgan fingerprint density at radius 1 is 1.32 bits per heavy atom. The second-order valence-electron chi connectivity index (χ2n) is 4.77. The second-order valence-corrected chi connectivity index (χ2v) is 5.65. The Kier molecular flexibility index (Phi) is 4.14. The number of thioether (sulfide) groups is 1. The first-order valence-electron chi connectivity index (χ1n) is 6.20. The van der Waals surface area contributed by atoms with Crippen molar-refractivity contribution in [3.05, 3.63) is 29.8 Å². The Bertz CT molecular complexity index is 464. The first-order valence-corrected chi connectivity index (χ1v) is 7.42. The lowest BCUT2D eigenvalue weighted by atomic mass is 9.74. The summed E-state index contributed by atoms with van der Waals surface area (Å²) in [6.45, 7) is 0.830. The van der Waals surface area contributed by atoms with Crippen LogP contribution < -0.4 is 0 Å². The standard InChI is InChI=1S/C14H17NO3S/c1-19-12-4-2-11(3-5-12)14(10-16)6-8-15(9-7-14)13(17)18/h2-5,10H,6-9H2,1H3,(H,17,18). The maximum absolute atomic E-state index is 11.5. The maximum atomic E-state index is 11.5. The van der Waals surface area contributed by atoms with Gasteiger partial charge in [0.1, 0.15) is 6.29 Å². The van der Waals surface area contributed by atoms with Gasteiger partial charge in [-0.25, -0.2) is 4.79 Å². The quantitative estimate of drug-likeness (QED) is 0.682.